The van der Waals surface area contributed by atoms with E-state index in [1.165, 1.54) is 6.08 Å². The highest BCUT2D eigenvalue weighted by atomic mass is 28.4. The van der Waals surface area contributed by atoms with E-state index in [1.54, 1.807) is 12.2 Å². The summed E-state index contributed by atoms with van der Waals surface area (Å²) in [6, 6.07) is 0.567. The molecular weight excluding hydrogens is 382 g/mol. The fourth-order valence-corrected chi connectivity index (χ4v) is 5.41. The predicted octanol–water partition coefficient (Wildman–Crippen LogP) is 2.59. The van der Waals surface area contributed by atoms with Gasteiger partial charge in [-0.05, 0) is 51.9 Å². The second kappa shape index (κ2) is 18.6. The highest BCUT2D eigenvalue weighted by molar-refractivity contribution is 6.60. The first-order valence-electron chi connectivity index (χ1n) is 9.70. The van der Waals surface area contributed by atoms with Crippen LogP contribution >= 0.6 is 0 Å². The van der Waals surface area contributed by atoms with Crippen LogP contribution in [0.4, 0.5) is 0 Å². The Kier molecular flexibility index (Phi) is 17.4. The molecule has 10 heteroatoms. The summed E-state index contributed by atoms with van der Waals surface area (Å²) in [6.45, 7) is 6.37. The molecule has 28 heavy (non-hydrogen) atoms. The highest BCUT2D eigenvalue weighted by Crippen LogP contribution is 2.22. The average molecular weight is 414 g/mol. The molecule has 0 saturated heterocycles. The lowest BCUT2D eigenvalue weighted by Gasteiger charge is -2.30. The van der Waals surface area contributed by atoms with Crippen LogP contribution in [0.15, 0.2) is 15.0 Å². The maximum atomic E-state index is 10.3. The molecule has 0 aromatic heterocycles. The lowest BCUT2D eigenvalue weighted by Crippen LogP contribution is -2.47. The van der Waals surface area contributed by atoms with Crippen LogP contribution in [0, 0.1) is 5.92 Å². The van der Waals surface area contributed by atoms with Gasteiger partial charge in [0.1, 0.15) is 0 Å². The van der Waals surface area contributed by atoms with E-state index in [9.17, 15) is 14.4 Å². The number of nitrogens with zero attached hydrogens (tertiary/aromatic N) is 3. The van der Waals surface area contributed by atoms with Gasteiger partial charge in [0, 0.05) is 25.9 Å². The van der Waals surface area contributed by atoms with Crippen LogP contribution in [0.5, 0.6) is 0 Å². The van der Waals surface area contributed by atoms with E-state index < -0.39 is 8.80 Å². The van der Waals surface area contributed by atoms with Gasteiger partial charge in [0.15, 0.2) is 0 Å². The third kappa shape index (κ3) is 13.4. The van der Waals surface area contributed by atoms with E-state index in [0.717, 1.165) is 25.7 Å². The van der Waals surface area contributed by atoms with Gasteiger partial charge in [-0.3, -0.25) is 0 Å². The van der Waals surface area contributed by atoms with E-state index in [0.29, 0.717) is 51.9 Å². The Morgan fingerprint density at radius 3 is 1.64 bits per heavy atom. The summed E-state index contributed by atoms with van der Waals surface area (Å²) in [4.78, 5) is 41.4. The van der Waals surface area contributed by atoms with E-state index in [1.807, 2.05) is 13.8 Å². The van der Waals surface area contributed by atoms with Crippen molar-refractivity contribution in [1.82, 2.24) is 0 Å². The van der Waals surface area contributed by atoms with Gasteiger partial charge in [0.2, 0.25) is 18.2 Å². The molecule has 0 aliphatic rings. The van der Waals surface area contributed by atoms with Crippen LogP contribution in [0.3, 0.4) is 0 Å². The molecule has 0 amide bonds. The van der Waals surface area contributed by atoms with Crippen molar-refractivity contribution in [1.29, 1.82) is 0 Å². The van der Waals surface area contributed by atoms with Gasteiger partial charge in [-0.1, -0.05) is 0 Å². The Hall–Kier alpha value is -1.76. The normalized spacial score (nSPS) is 11.8. The molecule has 0 spiro atoms. The van der Waals surface area contributed by atoms with Crippen LogP contribution in [-0.2, 0) is 27.7 Å². The van der Waals surface area contributed by atoms with Crippen LogP contribution in [0.2, 0.25) is 6.04 Å². The first-order valence-corrected chi connectivity index (χ1v) is 11.6. The Bertz CT molecular complexity index is 513. The fraction of sp³-hybridized carbons (Fsp3) is 0.833. The zero-order valence-corrected chi connectivity index (χ0v) is 17.9. The van der Waals surface area contributed by atoms with Crippen LogP contribution in [-0.4, -0.2) is 66.5 Å². The van der Waals surface area contributed by atoms with Crippen molar-refractivity contribution in [2.24, 2.45) is 20.9 Å². The molecular formula is C18H31N3O6Si. The van der Waals surface area contributed by atoms with Crippen molar-refractivity contribution >= 4 is 27.0 Å². The minimum atomic E-state index is -2.88. The molecule has 0 radical (unpaired) electrons. The van der Waals surface area contributed by atoms with E-state index in [-0.39, 0.29) is 5.92 Å². The highest BCUT2D eigenvalue weighted by Gasteiger charge is 2.40. The second-order valence-electron chi connectivity index (χ2n) is 6.03. The zero-order chi connectivity index (χ0) is 20.9. The topological polar surface area (TPSA) is 116 Å². The van der Waals surface area contributed by atoms with Gasteiger partial charge < -0.3 is 13.3 Å². The maximum absolute atomic E-state index is 10.3. The van der Waals surface area contributed by atoms with Crippen molar-refractivity contribution in [3.05, 3.63) is 0 Å². The molecule has 0 bridgehead atoms. The van der Waals surface area contributed by atoms with E-state index in [4.69, 9.17) is 13.3 Å². The molecule has 0 saturated carbocycles. The molecule has 0 aliphatic heterocycles. The third-order valence-corrected chi connectivity index (χ3v) is 7.01. The zero-order valence-electron chi connectivity index (χ0n) is 16.9. The molecule has 0 aliphatic carbocycles. The molecule has 9 nitrogen and oxygen atoms in total. The molecule has 0 heterocycles. The molecule has 0 aromatic rings. The molecule has 0 fully saturated rings. The van der Waals surface area contributed by atoms with Crippen LogP contribution in [0.25, 0.3) is 0 Å². The van der Waals surface area contributed by atoms with Gasteiger partial charge in [0.25, 0.3) is 0 Å². The standard InChI is InChI=1S/C18H31N3O6Si/c1-3-25-28(26-4-2,13-7-12-21-17-24)27-14-18(8-5-10-19-15-22)9-6-11-20-16-23/h18H,3-14H2,1-2H3. The van der Waals surface area contributed by atoms with Crippen molar-refractivity contribution in [2.75, 3.05) is 39.5 Å². The monoisotopic (exact) mass is 413 g/mol. The Balaban J connectivity index is 4.90. The number of aliphatic imine (C=N–C) groups is 3. The summed E-state index contributed by atoms with van der Waals surface area (Å²) < 4.78 is 18.0. The maximum Gasteiger partial charge on any atom is 0.501 e. The number of rotatable bonds is 19. The van der Waals surface area contributed by atoms with Gasteiger partial charge in [-0.25, -0.2) is 29.4 Å². The minimum Gasteiger partial charge on any atom is -0.374 e. The summed E-state index contributed by atoms with van der Waals surface area (Å²) in [7, 11) is -2.88. The Labute approximate surface area is 167 Å². The third-order valence-electron chi connectivity index (χ3n) is 3.98. The first-order chi connectivity index (χ1) is 13.7. The molecule has 0 atom stereocenters. The molecule has 0 aromatic carbocycles. The summed E-state index contributed by atoms with van der Waals surface area (Å²) in [5.41, 5.74) is 0. The second-order valence-corrected chi connectivity index (χ2v) is 8.77. The summed E-state index contributed by atoms with van der Waals surface area (Å²) in [5, 5.41) is 0. The molecule has 158 valence electrons. The predicted molar refractivity (Wildman–Crippen MR) is 105 cm³/mol. The number of carbonyl (C=O) groups excluding carboxylic acids is 3. The largest absolute Gasteiger partial charge is 0.501 e. The summed E-state index contributed by atoms with van der Waals surface area (Å²) in [6.07, 6.45) is 8.34. The van der Waals surface area contributed by atoms with Crippen LogP contribution in [0.1, 0.15) is 46.0 Å². The smallest absolute Gasteiger partial charge is 0.374 e. The van der Waals surface area contributed by atoms with Crippen molar-refractivity contribution in [2.45, 2.75) is 52.0 Å². The lowest BCUT2D eigenvalue weighted by molar-refractivity contribution is 0.0516. The number of hydrogen-bond acceptors (Lipinski definition) is 9. The number of isocyanates is 3. The van der Waals surface area contributed by atoms with Crippen molar-refractivity contribution < 1.29 is 27.7 Å². The summed E-state index contributed by atoms with van der Waals surface area (Å²) in [5.74, 6) is 0.199. The van der Waals surface area contributed by atoms with E-state index in [2.05, 4.69) is 15.0 Å². The van der Waals surface area contributed by atoms with Gasteiger partial charge in [-0.2, -0.15) is 0 Å². The summed E-state index contributed by atoms with van der Waals surface area (Å²) >= 11 is 0. The molecule has 0 rings (SSSR count). The van der Waals surface area contributed by atoms with Crippen molar-refractivity contribution in [3.63, 3.8) is 0 Å². The first kappa shape index (κ1) is 26.2. The van der Waals surface area contributed by atoms with Gasteiger partial charge >= 0.3 is 8.80 Å². The van der Waals surface area contributed by atoms with Crippen molar-refractivity contribution in [3.8, 4) is 0 Å². The minimum absolute atomic E-state index is 0.199. The van der Waals surface area contributed by atoms with Gasteiger partial charge in [-0.15, -0.1) is 0 Å². The molecule has 0 N–H and O–H groups in total. The average Bonchev–Trinajstić information content (AvgIpc) is 2.69. The quantitative estimate of drug-likeness (QED) is 0.139. The Morgan fingerprint density at radius 2 is 1.21 bits per heavy atom. The number of hydrogen-bond donors (Lipinski definition) is 0. The molecule has 0 unspecified atom stereocenters. The van der Waals surface area contributed by atoms with Crippen LogP contribution < -0.4 is 0 Å². The fourth-order valence-electron chi connectivity index (χ4n) is 2.77. The van der Waals surface area contributed by atoms with E-state index >= 15 is 0 Å². The van der Waals surface area contributed by atoms with Gasteiger partial charge in [0.05, 0.1) is 19.6 Å². The Morgan fingerprint density at radius 1 is 0.750 bits per heavy atom. The lowest BCUT2D eigenvalue weighted by atomic mass is 9.98. The SMILES string of the molecule is CCO[Si](CCCN=C=O)(OCC)OCC(CCCN=C=O)CCCN=C=O.